The Morgan fingerprint density at radius 1 is 0.302 bits per heavy atom. The summed E-state index contributed by atoms with van der Waals surface area (Å²) in [6, 6.07) is 91.3. The van der Waals surface area contributed by atoms with Crippen molar-refractivity contribution in [3.63, 3.8) is 0 Å². The third kappa shape index (κ3) is 7.43. The Bertz CT molecular complexity index is 3300. The zero-order valence-electron chi connectivity index (χ0n) is 34.6. The molecule has 0 aliphatic heterocycles. The highest BCUT2D eigenvalue weighted by atomic mass is 15.1. The van der Waals surface area contributed by atoms with Crippen molar-refractivity contribution in [3.05, 3.63) is 255 Å². The van der Waals surface area contributed by atoms with Crippen molar-refractivity contribution in [2.24, 2.45) is 0 Å². The van der Waals surface area contributed by atoms with Gasteiger partial charge in [0.25, 0.3) is 0 Å². The van der Waals surface area contributed by atoms with E-state index in [1.807, 2.05) is 6.07 Å². The maximum Gasteiger partial charge on any atom is 0.0541 e. The molecule has 1 aromatic heterocycles. The molecule has 11 rings (SSSR count). The van der Waals surface area contributed by atoms with Crippen LogP contribution in [0.3, 0.4) is 0 Å². The molecule has 3 nitrogen and oxygen atoms in total. The minimum absolute atomic E-state index is 1.05. The first-order chi connectivity index (χ1) is 31.2. The third-order valence-electron chi connectivity index (χ3n) is 12.0. The molecular weight excluding hydrogens is 763 g/mol. The van der Waals surface area contributed by atoms with Gasteiger partial charge in [-0.1, -0.05) is 170 Å². The summed E-state index contributed by atoms with van der Waals surface area (Å²) in [6.07, 6.45) is 0. The molecule has 11 aromatic rings. The highest BCUT2D eigenvalue weighted by molar-refractivity contribution is 6.10. The lowest BCUT2D eigenvalue weighted by Gasteiger charge is -2.26. The van der Waals surface area contributed by atoms with E-state index >= 15 is 0 Å². The second-order valence-electron chi connectivity index (χ2n) is 15.9. The highest BCUT2D eigenvalue weighted by Gasteiger charge is 2.17. The number of aromatic nitrogens is 1. The predicted molar refractivity (Wildman–Crippen MR) is 267 cm³/mol. The van der Waals surface area contributed by atoms with E-state index in [0.29, 0.717) is 0 Å². The summed E-state index contributed by atoms with van der Waals surface area (Å²) < 4.78 is 2.37. The van der Waals surface area contributed by atoms with Gasteiger partial charge >= 0.3 is 0 Å². The van der Waals surface area contributed by atoms with Crippen LogP contribution in [-0.4, -0.2) is 4.57 Å². The second-order valence-corrected chi connectivity index (χ2v) is 15.9. The van der Waals surface area contributed by atoms with Crippen LogP contribution in [0, 0.1) is 0 Å². The van der Waals surface area contributed by atoms with Crippen LogP contribution >= 0.6 is 0 Å². The van der Waals surface area contributed by atoms with Gasteiger partial charge in [-0.2, -0.15) is 0 Å². The lowest BCUT2D eigenvalue weighted by atomic mass is 9.97. The molecule has 63 heavy (non-hydrogen) atoms. The van der Waals surface area contributed by atoms with Crippen LogP contribution in [0.1, 0.15) is 0 Å². The molecule has 0 radical (unpaired) electrons. The molecule has 0 atom stereocenters. The second kappa shape index (κ2) is 16.6. The molecule has 3 heteroatoms. The number of nitrogens with one attached hydrogen (secondary N) is 1. The number of hydrogen-bond donors (Lipinski definition) is 1. The Morgan fingerprint density at radius 3 is 1.33 bits per heavy atom. The van der Waals surface area contributed by atoms with Gasteiger partial charge in [-0.15, -0.1) is 0 Å². The molecule has 298 valence electrons. The Morgan fingerprint density at radius 2 is 0.730 bits per heavy atom. The van der Waals surface area contributed by atoms with Gasteiger partial charge in [0.2, 0.25) is 0 Å². The fourth-order valence-corrected chi connectivity index (χ4v) is 8.87. The van der Waals surface area contributed by atoms with E-state index < -0.39 is 0 Å². The summed E-state index contributed by atoms with van der Waals surface area (Å²) in [6.45, 7) is 0. The fourth-order valence-electron chi connectivity index (χ4n) is 8.87. The molecule has 0 fully saturated rings. The van der Waals surface area contributed by atoms with Crippen molar-refractivity contribution in [3.8, 4) is 50.2 Å². The van der Waals surface area contributed by atoms with Crippen LogP contribution in [0.5, 0.6) is 0 Å². The van der Waals surface area contributed by atoms with Crippen LogP contribution in [0.2, 0.25) is 0 Å². The molecule has 0 aliphatic carbocycles. The van der Waals surface area contributed by atoms with Gasteiger partial charge in [0.1, 0.15) is 0 Å². The van der Waals surface area contributed by atoms with Crippen molar-refractivity contribution in [2.45, 2.75) is 0 Å². The highest BCUT2D eigenvalue weighted by Crippen LogP contribution is 2.40. The molecule has 0 amide bonds. The van der Waals surface area contributed by atoms with Crippen molar-refractivity contribution in [2.75, 3.05) is 10.2 Å². The summed E-state index contributed by atoms with van der Waals surface area (Å²) in [5, 5.41) is 6.19. The molecular formula is C60H43N3. The van der Waals surface area contributed by atoms with Gasteiger partial charge in [-0.25, -0.2) is 0 Å². The fraction of sp³-hybridized carbons (Fsp3) is 0. The summed E-state index contributed by atoms with van der Waals surface area (Å²) in [4.78, 5) is 2.35. The Hall–Kier alpha value is -8.40. The predicted octanol–water partition coefficient (Wildman–Crippen LogP) is 16.7. The van der Waals surface area contributed by atoms with E-state index in [1.165, 1.54) is 49.6 Å². The van der Waals surface area contributed by atoms with Crippen LogP contribution in [0.15, 0.2) is 255 Å². The molecule has 1 N–H and O–H groups in total. The quantitative estimate of drug-likeness (QED) is 0.149. The molecule has 1 heterocycles. The molecule has 0 saturated carbocycles. The Kier molecular flexibility index (Phi) is 9.89. The van der Waals surface area contributed by atoms with Crippen molar-refractivity contribution in [1.29, 1.82) is 0 Å². The molecule has 0 saturated heterocycles. The zero-order chi connectivity index (χ0) is 42.0. The average Bonchev–Trinajstić information content (AvgIpc) is 3.69. The van der Waals surface area contributed by atoms with E-state index in [2.05, 4.69) is 264 Å². The molecule has 0 aliphatic rings. The smallest absolute Gasteiger partial charge is 0.0541 e. The first kappa shape index (κ1) is 37.6. The number of anilines is 5. The zero-order valence-corrected chi connectivity index (χ0v) is 34.6. The average molecular weight is 806 g/mol. The van der Waals surface area contributed by atoms with Gasteiger partial charge in [-0.05, 0) is 124 Å². The summed E-state index contributed by atoms with van der Waals surface area (Å²) in [5.74, 6) is 0. The largest absolute Gasteiger partial charge is 0.355 e. The van der Waals surface area contributed by atoms with Crippen LogP contribution in [0.4, 0.5) is 28.4 Å². The number of benzene rings is 10. The summed E-state index contributed by atoms with van der Waals surface area (Å²) in [5.41, 5.74) is 18.3. The minimum Gasteiger partial charge on any atom is -0.355 e. The van der Waals surface area contributed by atoms with E-state index in [0.717, 1.165) is 50.8 Å². The van der Waals surface area contributed by atoms with E-state index in [1.54, 1.807) is 0 Å². The Labute approximate surface area is 368 Å². The third-order valence-corrected chi connectivity index (χ3v) is 12.0. The topological polar surface area (TPSA) is 20.2 Å². The molecule has 0 spiro atoms. The van der Waals surface area contributed by atoms with E-state index in [-0.39, 0.29) is 0 Å². The minimum atomic E-state index is 1.05. The summed E-state index contributed by atoms with van der Waals surface area (Å²) >= 11 is 0. The van der Waals surface area contributed by atoms with Crippen molar-refractivity contribution < 1.29 is 0 Å². The van der Waals surface area contributed by atoms with E-state index in [9.17, 15) is 0 Å². The lowest BCUT2D eigenvalue weighted by Crippen LogP contribution is -2.09. The first-order valence-corrected chi connectivity index (χ1v) is 21.5. The number of para-hydroxylation sites is 3. The number of hydrogen-bond acceptors (Lipinski definition) is 2. The maximum absolute atomic E-state index is 3.70. The maximum atomic E-state index is 3.70. The van der Waals surface area contributed by atoms with Crippen LogP contribution in [-0.2, 0) is 0 Å². The normalized spacial score (nSPS) is 11.2. The standard InChI is InChI=1S/C60H43N3/c1-5-15-43(16-6-1)44-25-33-52(34-26-44)62(54-37-29-46(30-38-54)49-31-39-55(47-17-7-2-8-18-47)58(42-49)61-50-19-9-3-10-20-50)53-35-27-45(28-36-53)48-32-40-60-57(41-48)56-23-13-14-24-59(56)63(60)51-21-11-4-12-22-51/h1-42,61H. The summed E-state index contributed by atoms with van der Waals surface area (Å²) in [7, 11) is 0. The van der Waals surface area contributed by atoms with Gasteiger partial charge in [0.05, 0.1) is 11.0 Å². The van der Waals surface area contributed by atoms with E-state index in [4.69, 9.17) is 0 Å². The molecule has 0 unspecified atom stereocenters. The van der Waals surface area contributed by atoms with Gasteiger partial charge in [0, 0.05) is 50.5 Å². The molecule has 0 bridgehead atoms. The van der Waals surface area contributed by atoms with Gasteiger partial charge < -0.3 is 14.8 Å². The lowest BCUT2D eigenvalue weighted by molar-refractivity contribution is 1.18. The monoisotopic (exact) mass is 805 g/mol. The first-order valence-electron chi connectivity index (χ1n) is 21.5. The Balaban J connectivity index is 0.955. The van der Waals surface area contributed by atoms with Crippen LogP contribution < -0.4 is 10.2 Å². The SMILES string of the molecule is c1ccc(Nc2cc(-c3ccc(N(c4ccc(-c5ccccc5)cc4)c4ccc(-c5ccc6c(c5)c5ccccc5n6-c5ccccc5)cc4)cc3)ccc2-c2ccccc2)cc1. The van der Waals surface area contributed by atoms with Gasteiger partial charge in [-0.3, -0.25) is 0 Å². The van der Waals surface area contributed by atoms with Crippen LogP contribution in [0.25, 0.3) is 72.0 Å². The van der Waals surface area contributed by atoms with Crippen molar-refractivity contribution in [1.82, 2.24) is 4.57 Å². The number of fused-ring (bicyclic) bond motifs is 3. The number of rotatable bonds is 10. The van der Waals surface area contributed by atoms with Crippen molar-refractivity contribution >= 4 is 50.2 Å². The molecule has 10 aromatic carbocycles. The van der Waals surface area contributed by atoms with Gasteiger partial charge in [0.15, 0.2) is 0 Å². The number of nitrogens with zero attached hydrogens (tertiary/aromatic N) is 2.